The van der Waals surface area contributed by atoms with Gasteiger partial charge in [-0.05, 0) is 48.7 Å². The Bertz CT molecular complexity index is 1690. The molecule has 4 aromatic rings. The van der Waals surface area contributed by atoms with E-state index in [1.807, 2.05) is 49.4 Å². The first-order valence-electron chi connectivity index (χ1n) is 14.1. The first-order valence-corrected chi connectivity index (χ1v) is 14.1. The Morgan fingerprint density at radius 3 is 2.63 bits per heavy atom. The fourth-order valence-corrected chi connectivity index (χ4v) is 4.96. The van der Waals surface area contributed by atoms with Crippen LogP contribution in [0.4, 0.5) is 14.9 Å². The zero-order valence-electron chi connectivity index (χ0n) is 24.3. The molecule has 0 saturated heterocycles. The van der Waals surface area contributed by atoms with Crippen molar-refractivity contribution in [3.05, 3.63) is 102 Å². The number of pyridine rings is 1. The Hall–Kier alpha value is -4.94. The summed E-state index contributed by atoms with van der Waals surface area (Å²) in [5, 5.41) is 14.9. The lowest BCUT2D eigenvalue weighted by Crippen LogP contribution is -2.50. The summed E-state index contributed by atoms with van der Waals surface area (Å²) in [6, 6.07) is 20.2. The predicted molar refractivity (Wildman–Crippen MR) is 163 cm³/mol. The van der Waals surface area contributed by atoms with Crippen molar-refractivity contribution in [1.29, 1.82) is 0 Å². The molecule has 3 aromatic carbocycles. The van der Waals surface area contributed by atoms with Crippen molar-refractivity contribution in [2.75, 3.05) is 32.1 Å². The van der Waals surface area contributed by atoms with Gasteiger partial charge in [-0.25, -0.2) is 14.2 Å². The molecule has 3 atom stereocenters. The largest absolute Gasteiger partial charge is 0.472 e. The molecule has 43 heavy (non-hydrogen) atoms. The van der Waals surface area contributed by atoms with E-state index in [1.54, 1.807) is 42.0 Å². The number of nitrogens with zero attached hydrogens (tertiary/aromatic N) is 3. The van der Waals surface area contributed by atoms with Crippen molar-refractivity contribution in [1.82, 2.24) is 14.8 Å². The van der Waals surface area contributed by atoms with Crippen LogP contribution >= 0.6 is 0 Å². The zero-order valence-corrected chi connectivity index (χ0v) is 24.3. The van der Waals surface area contributed by atoms with Crippen LogP contribution < -0.4 is 10.1 Å². The number of rotatable bonds is 5. The lowest BCUT2D eigenvalue weighted by atomic mass is 10.00. The Labute approximate surface area is 250 Å². The number of aliphatic hydroxyl groups excluding tert-OH is 1. The van der Waals surface area contributed by atoms with Gasteiger partial charge in [-0.2, -0.15) is 0 Å². The molecule has 5 rings (SSSR count). The number of hydrogen-bond donors (Lipinski definition) is 2. The molecule has 9 heteroatoms. The summed E-state index contributed by atoms with van der Waals surface area (Å²) >= 11 is 0. The van der Waals surface area contributed by atoms with Crippen molar-refractivity contribution in [2.45, 2.75) is 26.0 Å². The third-order valence-corrected chi connectivity index (χ3v) is 7.55. The van der Waals surface area contributed by atoms with E-state index in [1.165, 1.54) is 18.3 Å². The fourth-order valence-electron chi connectivity index (χ4n) is 4.96. The number of likely N-dealkylation sites (N-methyl/N-ethyl adjacent to an activating group) is 1. The molecule has 0 saturated carbocycles. The highest BCUT2D eigenvalue weighted by atomic mass is 19.1. The number of anilines is 1. The molecule has 0 fully saturated rings. The maximum absolute atomic E-state index is 13.7. The van der Waals surface area contributed by atoms with E-state index in [0.717, 1.165) is 10.8 Å². The highest BCUT2D eigenvalue weighted by Gasteiger charge is 2.34. The molecule has 1 aliphatic heterocycles. The van der Waals surface area contributed by atoms with Gasteiger partial charge in [0.1, 0.15) is 17.5 Å². The van der Waals surface area contributed by atoms with Gasteiger partial charge >= 0.3 is 6.03 Å². The Morgan fingerprint density at radius 1 is 1.14 bits per heavy atom. The van der Waals surface area contributed by atoms with Crippen LogP contribution in [-0.2, 0) is 0 Å². The second-order valence-corrected chi connectivity index (χ2v) is 10.8. The number of aromatic nitrogens is 1. The normalized spacial score (nSPS) is 17.0. The number of halogens is 1. The number of carbonyl (C=O) groups is 2. The molecule has 3 amide bonds. The molecular formula is C34H33FN4O4. The number of benzene rings is 3. The summed E-state index contributed by atoms with van der Waals surface area (Å²) in [5.74, 6) is 5.18. The van der Waals surface area contributed by atoms with Gasteiger partial charge in [-0.3, -0.25) is 4.79 Å². The SMILES string of the molecule is CC(CO)N1C[C@H](C)[C@H](CN(C)C(=O)Nc2cccc3ccccc23)Oc2ncc(C#Cc3ccc(F)cc3)cc2C1=O. The van der Waals surface area contributed by atoms with E-state index in [-0.39, 0.29) is 48.3 Å². The van der Waals surface area contributed by atoms with E-state index < -0.39 is 12.1 Å². The molecule has 8 nitrogen and oxygen atoms in total. The van der Waals surface area contributed by atoms with Crippen molar-refractivity contribution in [3.8, 4) is 17.7 Å². The first kappa shape index (κ1) is 29.5. The van der Waals surface area contributed by atoms with Gasteiger partial charge in [0.25, 0.3) is 5.91 Å². The van der Waals surface area contributed by atoms with E-state index in [4.69, 9.17) is 4.74 Å². The average Bonchev–Trinajstić information content (AvgIpc) is 3.02. The van der Waals surface area contributed by atoms with E-state index in [2.05, 4.69) is 22.1 Å². The highest BCUT2D eigenvalue weighted by Crippen LogP contribution is 2.28. The number of hydrogen-bond acceptors (Lipinski definition) is 5. The lowest BCUT2D eigenvalue weighted by molar-refractivity contribution is 0.0356. The van der Waals surface area contributed by atoms with E-state index in [9.17, 15) is 19.1 Å². The van der Waals surface area contributed by atoms with Crippen molar-refractivity contribution >= 4 is 28.4 Å². The van der Waals surface area contributed by atoms with Crippen molar-refractivity contribution < 1.29 is 23.8 Å². The summed E-state index contributed by atoms with van der Waals surface area (Å²) in [6.45, 7) is 4.02. The zero-order chi connectivity index (χ0) is 30.5. The summed E-state index contributed by atoms with van der Waals surface area (Å²) in [5.41, 5.74) is 2.01. The third kappa shape index (κ3) is 6.76. The van der Waals surface area contributed by atoms with Crippen molar-refractivity contribution in [3.63, 3.8) is 0 Å². The van der Waals surface area contributed by atoms with E-state index >= 15 is 0 Å². The van der Waals surface area contributed by atoms with Gasteiger partial charge in [0, 0.05) is 42.2 Å². The number of aliphatic hydroxyl groups is 1. The topological polar surface area (TPSA) is 95.0 Å². The predicted octanol–water partition coefficient (Wildman–Crippen LogP) is 5.16. The van der Waals surface area contributed by atoms with Crippen LogP contribution in [0.15, 0.2) is 79.0 Å². The van der Waals surface area contributed by atoms with Crippen LogP contribution in [0.2, 0.25) is 0 Å². The summed E-state index contributed by atoms with van der Waals surface area (Å²) in [7, 11) is 1.69. The quantitative estimate of drug-likeness (QED) is 0.318. The summed E-state index contributed by atoms with van der Waals surface area (Å²) in [4.78, 5) is 34.5. The van der Waals surface area contributed by atoms with Gasteiger partial charge < -0.3 is 25.0 Å². The van der Waals surface area contributed by atoms with Crippen LogP contribution in [0.1, 0.15) is 35.3 Å². The Balaban J connectivity index is 1.40. The second kappa shape index (κ2) is 12.9. The lowest BCUT2D eigenvalue weighted by Gasteiger charge is -2.37. The summed E-state index contributed by atoms with van der Waals surface area (Å²) < 4.78 is 19.6. The Kier molecular flexibility index (Phi) is 8.88. The first-order chi connectivity index (χ1) is 20.7. The van der Waals surface area contributed by atoms with E-state index in [0.29, 0.717) is 23.4 Å². The molecule has 0 radical (unpaired) electrons. The Morgan fingerprint density at radius 2 is 1.86 bits per heavy atom. The standard InChI is InChI=1S/C34H33FN4O4/c1-22-19-39(23(2)21-40)33(41)29-17-25(12-11-24-13-15-27(35)16-14-24)18-36-32(29)43-31(22)20-38(3)34(42)37-30-10-6-8-26-7-4-5-9-28(26)30/h4-10,13-18,22-23,31,40H,19-21H2,1-3H3,(H,37,42)/t22-,23?,31-/m0/s1. The van der Waals surface area contributed by atoms with Gasteiger partial charge in [0.15, 0.2) is 0 Å². The molecular weight excluding hydrogens is 547 g/mol. The van der Waals surface area contributed by atoms with Crippen LogP contribution in [-0.4, -0.2) is 70.7 Å². The van der Waals surface area contributed by atoms with Gasteiger partial charge in [0.05, 0.1) is 24.9 Å². The van der Waals surface area contributed by atoms with Gasteiger partial charge in [-0.15, -0.1) is 0 Å². The minimum absolute atomic E-state index is 0.131. The van der Waals surface area contributed by atoms with Crippen LogP contribution in [0, 0.1) is 23.6 Å². The molecule has 1 aliphatic rings. The number of amides is 3. The molecule has 1 aromatic heterocycles. The molecule has 2 N–H and O–H groups in total. The molecule has 0 bridgehead atoms. The third-order valence-electron chi connectivity index (χ3n) is 7.55. The van der Waals surface area contributed by atoms with Crippen LogP contribution in [0.5, 0.6) is 5.88 Å². The number of nitrogens with one attached hydrogen (secondary N) is 1. The number of urea groups is 1. The number of fused-ring (bicyclic) bond motifs is 2. The van der Waals surface area contributed by atoms with Gasteiger partial charge in [0.2, 0.25) is 5.88 Å². The molecule has 220 valence electrons. The van der Waals surface area contributed by atoms with Crippen molar-refractivity contribution in [2.24, 2.45) is 5.92 Å². The smallest absolute Gasteiger partial charge is 0.321 e. The number of ether oxygens (including phenoxy) is 1. The van der Waals surface area contributed by atoms with Crippen LogP contribution in [0.25, 0.3) is 10.8 Å². The summed E-state index contributed by atoms with van der Waals surface area (Å²) in [6.07, 6.45) is 1.01. The van der Waals surface area contributed by atoms with Crippen LogP contribution in [0.3, 0.4) is 0 Å². The fraction of sp³-hybridized carbons (Fsp3) is 0.265. The molecule has 0 spiro atoms. The highest BCUT2D eigenvalue weighted by molar-refractivity contribution is 6.01. The number of carbonyl (C=O) groups excluding carboxylic acids is 2. The second-order valence-electron chi connectivity index (χ2n) is 10.8. The average molecular weight is 581 g/mol. The molecule has 1 unspecified atom stereocenters. The van der Waals surface area contributed by atoms with Gasteiger partial charge in [-0.1, -0.05) is 55.2 Å². The minimum Gasteiger partial charge on any atom is -0.472 e. The monoisotopic (exact) mass is 580 g/mol. The molecule has 0 aliphatic carbocycles. The molecule has 2 heterocycles. The maximum atomic E-state index is 13.7. The minimum atomic E-state index is -0.507. The maximum Gasteiger partial charge on any atom is 0.321 e.